The van der Waals surface area contributed by atoms with Crippen molar-refractivity contribution in [3.05, 3.63) is 46.1 Å². The molecule has 1 aromatic heterocycles. The molecule has 0 aliphatic carbocycles. The second-order valence-electron chi connectivity index (χ2n) is 6.02. The fourth-order valence-corrected chi connectivity index (χ4v) is 2.96. The van der Waals surface area contributed by atoms with Crippen molar-refractivity contribution in [2.75, 3.05) is 13.1 Å². The van der Waals surface area contributed by atoms with Gasteiger partial charge in [-0.15, -0.1) is 12.4 Å². The number of amides is 1. The summed E-state index contributed by atoms with van der Waals surface area (Å²) in [6.45, 7) is 1.22. The normalized spacial score (nSPS) is 17.0. The van der Waals surface area contributed by atoms with E-state index < -0.39 is 4.92 Å². The minimum Gasteiger partial charge on any atom is -0.337 e. The molecule has 2 N–H and O–H groups in total. The number of nitro benzene ring substituents is 1. The van der Waals surface area contributed by atoms with Gasteiger partial charge >= 0.3 is 0 Å². The highest BCUT2D eigenvalue weighted by Gasteiger charge is 2.26. The van der Waals surface area contributed by atoms with E-state index in [1.807, 2.05) is 0 Å². The van der Waals surface area contributed by atoms with Crippen LogP contribution in [0.5, 0.6) is 0 Å². The van der Waals surface area contributed by atoms with E-state index in [1.54, 1.807) is 35.0 Å². The molecule has 1 atom stereocenters. The maximum Gasteiger partial charge on any atom is 0.269 e. The first kappa shape index (κ1) is 18.9. The number of carbonyl (C=O) groups is 1. The van der Waals surface area contributed by atoms with E-state index in [0.717, 1.165) is 12.8 Å². The number of carbonyl (C=O) groups excluding carboxylic acids is 1. The first-order chi connectivity index (χ1) is 11.5. The lowest BCUT2D eigenvalue weighted by molar-refractivity contribution is -0.384. The molecule has 1 aliphatic heterocycles. The number of rotatable bonds is 3. The van der Waals surface area contributed by atoms with E-state index >= 15 is 0 Å². The Hall–Kier alpha value is -2.45. The zero-order valence-corrected chi connectivity index (χ0v) is 14.6. The van der Waals surface area contributed by atoms with E-state index in [0.29, 0.717) is 29.9 Å². The van der Waals surface area contributed by atoms with Crippen LogP contribution in [0.4, 0.5) is 5.69 Å². The van der Waals surface area contributed by atoms with Crippen LogP contribution in [-0.2, 0) is 7.05 Å². The van der Waals surface area contributed by atoms with Crippen molar-refractivity contribution in [2.45, 2.75) is 18.9 Å². The Kier molecular flexibility index (Phi) is 5.76. The molecule has 1 unspecified atom stereocenters. The summed E-state index contributed by atoms with van der Waals surface area (Å²) in [5.74, 6) is -0.105. The zero-order chi connectivity index (χ0) is 17.3. The highest BCUT2D eigenvalue weighted by atomic mass is 35.5. The third-order valence-corrected chi connectivity index (χ3v) is 4.16. The van der Waals surface area contributed by atoms with Crippen LogP contribution in [0.15, 0.2) is 30.5 Å². The molecule has 134 valence electrons. The highest BCUT2D eigenvalue weighted by molar-refractivity contribution is 6.00. The van der Waals surface area contributed by atoms with Gasteiger partial charge in [0.05, 0.1) is 10.5 Å². The number of aromatic nitrogens is 2. The number of hydrogen-bond donors (Lipinski definition) is 1. The maximum atomic E-state index is 12.8. The molecule has 0 saturated carbocycles. The van der Waals surface area contributed by atoms with Crippen molar-refractivity contribution in [2.24, 2.45) is 12.8 Å². The molecule has 9 heteroatoms. The number of non-ortho nitro benzene ring substituents is 1. The van der Waals surface area contributed by atoms with Gasteiger partial charge in [0, 0.05) is 50.1 Å². The fourth-order valence-electron chi connectivity index (χ4n) is 2.96. The summed E-state index contributed by atoms with van der Waals surface area (Å²) in [7, 11) is 1.74. The predicted molar refractivity (Wildman–Crippen MR) is 95.7 cm³/mol. The Morgan fingerprint density at radius 2 is 2.04 bits per heavy atom. The summed E-state index contributed by atoms with van der Waals surface area (Å²) < 4.78 is 1.58. The number of aryl methyl sites for hydroxylation is 1. The topological polar surface area (TPSA) is 107 Å². The van der Waals surface area contributed by atoms with Gasteiger partial charge in [0.15, 0.2) is 0 Å². The largest absolute Gasteiger partial charge is 0.337 e. The van der Waals surface area contributed by atoms with Gasteiger partial charge in [-0.3, -0.25) is 19.6 Å². The average Bonchev–Trinajstić information content (AvgIpc) is 2.96. The number of likely N-dealkylation sites (tertiary alicyclic amines) is 1. The molecule has 1 aliphatic rings. The highest BCUT2D eigenvalue weighted by Crippen LogP contribution is 2.26. The molecule has 2 heterocycles. The molecule has 1 aromatic carbocycles. The summed E-state index contributed by atoms with van der Waals surface area (Å²) in [5, 5.41) is 15.1. The van der Waals surface area contributed by atoms with E-state index in [2.05, 4.69) is 5.10 Å². The Bertz CT molecular complexity index is 775. The van der Waals surface area contributed by atoms with Gasteiger partial charge < -0.3 is 10.6 Å². The zero-order valence-electron chi connectivity index (χ0n) is 13.8. The minimum absolute atomic E-state index is 0. The molecule has 8 nitrogen and oxygen atoms in total. The molecule has 2 aromatic rings. The van der Waals surface area contributed by atoms with Crippen molar-refractivity contribution in [3.8, 4) is 11.3 Å². The summed E-state index contributed by atoms with van der Waals surface area (Å²) in [6, 6.07) is 6.05. The lowest BCUT2D eigenvalue weighted by atomic mass is 10.0. The number of benzene rings is 1. The number of nitrogens with zero attached hydrogens (tertiary/aromatic N) is 4. The second kappa shape index (κ2) is 7.62. The van der Waals surface area contributed by atoms with Crippen LogP contribution >= 0.6 is 12.4 Å². The molecule has 0 bridgehead atoms. The van der Waals surface area contributed by atoms with Crippen LogP contribution in [0.2, 0.25) is 0 Å². The molecule has 0 spiro atoms. The molecular formula is C16H20ClN5O3. The van der Waals surface area contributed by atoms with Crippen molar-refractivity contribution >= 4 is 24.0 Å². The maximum absolute atomic E-state index is 12.8. The monoisotopic (exact) mass is 365 g/mol. The van der Waals surface area contributed by atoms with E-state index in [1.165, 1.54) is 12.1 Å². The summed E-state index contributed by atoms with van der Waals surface area (Å²) in [4.78, 5) is 24.9. The van der Waals surface area contributed by atoms with Gasteiger partial charge in [0.1, 0.15) is 5.69 Å². The first-order valence-corrected chi connectivity index (χ1v) is 7.79. The van der Waals surface area contributed by atoms with Gasteiger partial charge in [-0.05, 0) is 25.0 Å². The second-order valence-corrected chi connectivity index (χ2v) is 6.02. The van der Waals surface area contributed by atoms with Crippen molar-refractivity contribution < 1.29 is 9.72 Å². The molecule has 3 rings (SSSR count). The van der Waals surface area contributed by atoms with Crippen LogP contribution < -0.4 is 5.73 Å². The van der Waals surface area contributed by atoms with E-state index in [9.17, 15) is 14.9 Å². The van der Waals surface area contributed by atoms with Crippen molar-refractivity contribution in [1.82, 2.24) is 14.7 Å². The fraction of sp³-hybridized carbons (Fsp3) is 0.375. The smallest absolute Gasteiger partial charge is 0.269 e. The van der Waals surface area contributed by atoms with Crippen LogP contribution in [0.3, 0.4) is 0 Å². The van der Waals surface area contributed by atoms with Gasteiger partial charge in [-0.2, -0.15) is 5.10 Å². The van der Waals surface area contributed by atoms with Crippen molar-refractivity contribution in [1.29, 1.82) is 0 Å². The van der Waals surface area contributed by atoms with Gasteiger partial charge in [-0.1, -0.05) is 0 Å². The lowest BCUT2D eigenvalue weighted by Gasteiger charge is -2.30. The number of hydrogen-bond acceptors (Lipinski definition) is 5. The van der Waals surface area contributed by atoms with Crippen LogP contribution in [-0.4, -0.2) is 44.6 Å². The predicted octanol–water partition coefficient (Wildman–Crippen LogP) is 1.98. The van der Waals surface area contributed by atoms with Gasteiger partial charge in [0.2, 0.25) is 0 Å². The van der Waals surface area contributed by atoms with Crippen LogP contribution in [0.1, 0.15) is 23.2 Å². The molecule has 1 fully saturated rings. The average molecular weight is 366 g/mol. The number of nitrogens with two attached hydrogens (primary N) is 1. The molecule has 25 heavy (non-hydrogen) atoms. The molecule has 1 saturated heterocycles. The summed E-state index contributed by atoms with van der Waals surface area (Å²) in [5.41, 5.74) is 7.65. The minimum atomic E-state index is -0.455. The standard InChI is InChI=1S/C16H19N5O3.ClH/c1-19-10-14(16(22)20-8-2-3-12(17)9-20)15(18-19)11-4-6-13(7-5-11)21(23)24;/h4-7,10,12H,2-3,8-9,17H2,1H3;1H. The van der Waals surface area contributed by atoms with Crippen LogP contribution in [0, 0.1) is 10.1 Å². The first-order valence-electron chi connectivity index (χ1n) is 7.79. The summed E-state index contributed by atoms with van der Waals surface area (Å²) in [6.07, 6.45) is 3.49. The Labute approximate surface area is 151 Å². The molecule has 0 radical (unpaired) electrons. The summed E-state index contributed by atoms with van der Waals surface area (Å²) >= 11 is 0. The molecular weight excluding hydrogens is 346 g/mol. The third-order valence-electron chi connectivity index (χ3n) is 4.16. The van der Waals surface area contributed by atoms with E-state index in [-0.39, 0.29) is 30.0 Å². The number of nitro groups is 1. The van der Waals surface area contributed by atoms with Gasteiger partial charge in [0.25, 0.3) is 11.6 Å². The Morgan fingerprint density at radius 1 is 1.36 bits per heavy atom. The number of halogens is 1. The third kappa shape index (κ3) is 3.97. The number of piperidine rings is 1. The van der Waals surface area contributed by atoms with Crippen LogP contribution in [0.25, 0.3) is 11.3 Å². The quantitative estimate of drug-likeness (QED) is 0.661. The van der Waals surface area contributed by atoms with E-state index in [4.69, 9.17) is 5.73 Å². The Balaban J connectivity index is 0.00000225. The SMILES string of the molecule is Cl.Cn1cc(C(=O)N2CCCC(N)C2)c(-c2ccc([N+](=O)[O-])cc2)n1. The molecule has 1 amide bonds. The lowest BCUT2D eigenvalue weighted by Crippen LogP contribution is -2.45. The Morgan fingerprint density at radius 3 is 2.64 bits per heavy atom. The van der Waals surface area contributed by atoms with Gasteiger partial charge in [-0.25, -0.2) is 0 Å². The van der Waals surface area contributed by atoms with Crippen molar-refractivity contribution in [3.63, 3.8) is 0 Å².